The van der Waals surface area contributed by atoms with Crippen LogP contribution in [0.1, 0.15) is 11.1 Å². The molecule has 1 aliphatic rings. The lowest BCUT2D eigenvalue weighted by Crippen LogP contribution is -2.42. The Balaban J connectivity index is 1.36. The Morgan fingerprint density at radius 3 is 2.61 bits per heavy atom. The quantitative estimate of drug-likeness (QED) is 0.726. The molecule has 0 radical (unpaired) electrons. The summed E-state index contributed by atoms with van der Waals surface area (Å²) in [4.78, 5) is 16.2. The van der Waals surface area contributed by atoms with Crippen LogP contribution in [0.5, 0.6) is 5.75 Å². The van der Waals surface area contributed by atoms with E-state index in [1.54, 1.807) is 0 Å². The van der Waals surface area contributed by atoms with Gasteiger partial charge in [0.05, 0.1) is 6.10 Å². The van der Waals surface area contributed by atoms with Crippen molar-refractivity contribution < 1.29 is 14.6 Å². The number of aliphatic hydroxyl groups excluding tert-OH is 1. The maximum absolute atomic E-state index is 12.0. The summed E-state index contributed by atoms with van der Waals surface area (Å²) in [5.41, 5.74) is 3.77. The summed E-state index contributed by atoms with van der Waals surface area (Å²) < 4.78 is 5.50. The number of nitrogens with zero attached hydrogens (tertiary/aromatic N) is 2. The lowest BCUT2D eigenvalue weighted by molar-refractivity contribution is -0.123. The molecule has 2 N–H and O–H groups in total. The van der Waals surface area contributed by atoms with Crippen molar-refractivity contribution in [2.45, 2.75) is 19.1 Å². The Hall–Kier alpha value is -2.57. The van der Waals surface area contributed by atoms with Gasteiger partial charge in [-0.3, -0.25) is 9.69 Å². The maximum atomic E-state index is 12.0. The number of aliphatic hydroxyl groups is 1. The highest BCUT2D eigenvalue weighted by Gasteiger charge is 2.18. The first-order valence-corrected chi connectivity index (χ1v) is 9.65. The normalized spacial score (nSPS) is 14.8. The van der Waals surface area contributed by atoms with E-state index in [9.17, 15) is 9.90 Å². The Kier molecular flexibility index (Phi) is 6.90. The van der Waals surface area contributed by atoms with Gasteiger partial charge in [0.25, 0.3) is 5.91 Å². The van der Waals surface area contributed by atoms with E-state index >= 15 is 0 Å². The minimum absolute atomic E-state index is 0.0644. The average Bonchev–Trinajstić information content (AvgIpc) is 2.71. The molecule has 3 rings (SSSR count). The molecular weight excluding hydrogens is 354 g/mol. The van der Waals surface area contributed by atoms with E-state index in [2.05, 4.69) is 28.4 Å². The van der Waals surface area contributed by atoms with Gasteiger partial charge in [-0.05, 0) is 41.8 Å². The summed E-state index contributed by atoms with van der Waals surface area (Å²) in [7, 11) is 3.94. The molecule has 0 fully saturated rings. The van der Waals surface area contributed by atoms with Gasteiger partial charge in [0.1, 0.15) is 5.75 Å². The van der Waals surface area contributed by atoms with E-state index in [4.69, 9.17) is 4.74 Å². The maximum Gasteiger partial charge on any atom is 0.258 e. The van der Waals surface area contributed by atoms with E-state index in [-0.39, 0.29) is 19.1 Å². The van der Waals surface area contributed by atoms with Crippen LogP contribution >= 0.6 is 0 Å². The van der Waals surface area contributed by atoms with Crippen LogP contribution in [0.25, 0.3) is 0 Å². The fraction of sp³-hybridized carbons (Fsp3) is 0.409. The number of rotatable bonds is 8. The second-order valence-electron chi connectivity index (χ2n) is 7.39. The van der Waals surface area contributed by atoms with E-state index in [1.807, 2.05) is 49.3 Å². The fourth-order valence-electron chi connectivity index (χ4n) is 3.34. The molecule has 0 bridgehead atoms. The van der Waals surface area contributed by atoms with Crippen molar-refractivity contribution in [3.63, 3.8) is 0 Å². The van der Waals surface area contributed by atoms with Gasteiger partial charge < -0.3 is 20.1 Å². The number of hydrogen-bond donors (Lipinski definition) is 2. The van der Waals surface area contributed by atoms with Crippen molar-refractivity contribution >= 4 is 11.6 Å². The van der Waals surface area contributed by atoms with Crippen molar-refractivity contribution in [2.24, 2.45) is 0 Å². The molecule has 1 amide bonds. The van der Waals surface area contributed by atoms with Crippen molar-refractivity contribution in [3.05, 3.63) is 59.7 Å². The van der Waals surface area contributed by atoms with Gasteiger partial charge in [0, 0.05) is 46.0 Å². The van der Waals surface area contributed by atoms with Crippen molar-refractivity contribution in [3.8, 4) is 5.75 Å². The molecule has 2 aromatic carbocycles. The van der Waals surface area contributed by atoms with Crippen LogP contribution in [0.4, 0.5) is 5.69 Å². The van der Waals surface area contributed by atoms with Gasteiger partial charge in [0.15, 0.2) is 6.61 Å². The summed E-state index contributed by atoms with van der Waals surface area (Å²) >= 11 is 0. The average molecular weight is 383 g/mol. The number of fused-ring (bicyclic) bond motifs is 1. The zero-order chi connectivity index (χ0) is 19.9. The first kappa shape index (κ1) is 20.2. The SMILES string of the molecule is CN(C)c1ccc(OCC(=O)NCC(O)CN2CCc3ccccc3C2)cc1. The molecule has 0 aliphatic carbocycles. The highest BCUT2D eigenvalue weighted by atomic mass is 16.5. The minimum Gasteiger partial charge on any atom is -0.484 e. The number of amides is 1. The van der Waals surface area contributed by atoms with Gasteiger partial charge in [0.2, 0.25) is 0 Å². The van der Waals surface area contributed by atoms with Gasteiger partial charge in [-0.2, -0.15) is 0 Å². The molecule has 1 heterocycles. The summed E-state index contributed by atoms with van der Waals surface area (Å²) in [5, 5.41) is 13.0. The van der Waals surface area contributed by atoms with Gasteiger partial charge in [-0.25, -0.2) is 0 Å². The third-order valence-corrected chi connectivity index (χ3v) is 4.94. The van der Waals surface area contributed by atoms with Gasteiger partial charge in [-0.1, -0.05) is 24.3 Å². The molecule has 28 heavy (non-hydrogen) atoms. The zero-order valence-electron chi connectivity index (χ0n) is 16.6. The Labute approximate surface area is 166 Å². The summed E-state index contributed by atoms with van der Waals surface area (Å²) in [6.07, 6.45) is 0.393. The number of anilines is 1. The smallest absolute Gasteiger partial charge is 0.258 e. The van der Waals surface area contributed by atoms with Crippen LogP contribution < -0.4 is 15.0 Å². The summed E-state index contributed by atoms with van der Waals surface area (Å²) in [5.74, 6) is 0.410. The highest BCUT2D eigenvalue weighted by molar-refractivity contribution is 5.77. The number of carbonyl (C=O) groups excluding carboxylic acids is 1. The number of carbonyl (C=O) groups is 1. The molecule has 0 spiro atoms. The predicted molar refractivity (Wildman–Crippen MR) is 111 cm³/mol. The number of hydrogen-bond acceptors (Lipinski definition) is 5. The number of benzene rings is 2. The number of ether oxygens (including phenoxy) is 1. The first-order valence-electron chi connectivity index (χ1n) is 9.65. The second-order valence-corrected chi connectivity index (χ2v) is 7.39. The fourth-order valence-corrected chi connectivity index (χ4v) is 3.34. The Bertz CT molecular complexity index is 777. The zero-order valence-corrected chi connectivity index (χ0v) is 16.6. The standard InChI is InChI=1S/C22H29N3O3/c1-24(2)19-7-9-21(10-8-19)28-16-22(27)23-13-20(26)15-25-12-11-17-5-3-4-6-18(17)14-25/h3-10,20,26H,11-16H2,1-2H3,(H,23,27). The molecule has 6 nitrogen and oxygen atoms in total. The second kappa shape index (κ2) is 9.57. The lowest BCUT2D eigenvalue weighted by atomic mass is 10.00. The molecule has 6 heteroatoms. The van der Waals surface area contributed by atoms with E-state index in [0.717, 1.165) is 25.2 Å². The molecule has 0 saturated heterocycles. The Morgan fingerprint density at radius 2 is 1.89 bits per heavy atom. The third kappa shape index (κ3) is 5.71. The molecule has 2 aromatic rings. The van der Waals surface area contributed by atoms with Crippen LogP contribution in [0, 0.1) is 0 Å². The topological polar surface area (TPSA) is 65.0 Å². The highest BCUT2D eigenvalue weighted by Crippen LogP contribution is 2.19. The lowest BCUT2D eigenvalue weighted by Gasteiger charge is -2.30. The molecule has 0 aromatic heterocycles. The minimum atomic E-state index is -0.603. The molecule has 1 unspecified atom stereocenters. The molecule has 150 valence electrons. The largest absolute Gasteiger partial charge is 0.484 e. The van der Waals surface area contributed by atoms with Crippen LogP contribution in [0.2, 0.25) is 0 Å². The van der Waals surface area contributed by atoms with Crippen LogP contribution in [0.15, 0.2) is 48.5 Å². The van der Waals surface area contributed by atoms with Crippen molar-refractivity contribution in [2.75, 3.05) is 45.2 Å². The van der Waals surface area contributed by atoms with E-state index < -0.39 is 6.10 Å². The molecule has 1 atom stereocenters. The van der Waals surface area contributed by atoms with E-state index in [0.29, 0.717) is 12.3 Å². The summed E-state index contributed by atoms with van der Waals surface area (Å²) in [6.45, 7) is 2.47. The van der Waals surface area contributed by atoms with Crippen LogP contribution in [-0.2, 0) is 17.8 Å². The van der Waals surface area contributed by atoms with Crippen LogP contribution in [0.3, 0.4) is 0 Å². The molecule has 1 aliphatic heterocycles. The molecular formula is C22H29N3O3. The van der Waals surface area contributed by atoms with Gasteiger partial charge in [-0.15, -0.1) is 0 Å². The third-order valence-electron chi connectivity index (χ3n) is 4.94. The number of β-amino-alcohol motifs (C(OH)–C–C–N with tert-alkyl or cyclic N) is 1. The van der Waals surface area contributed by atoms with Crippen molar-refractivity contribution in [1.82, 2.24) is 10.2 Å². The number of nitrogens with one attached hydrogen (secondary N) is 1. The molecule has 0 saturated carbocycles. The van der Waals surface area contributed by atoms with Crippen LogP contribution in [-0.4, -0.2) is 62.4 Å². The van der Waals surface area contributed by atoms with E-state index in [1.165, 1.54) is 11.1 Å². The predicted octanol–water partition coefficient (Wildman–Crippen LogP) is 1.67. The monoisotopic (exact) mass is 383 g/mol. The summed E-state index contributed by atoms with van der Waals surface area (Å²) in [6, 6.07) is 16.0. The van der Waals surface area contributed by atoms with Gasteiger partial charge >= 0.3 is 0 Å². The van der Waals surface area contributed by atoms with Crippen molar-refractivity contribution in [1.29, 1.82) is 0 Å². The first-order chi connectivity index (χ1) is 13.5. The Morgan fingerprint density at radius 1 is 1.18 bits per heavy atom.